The molecule has 0 unspecified atom stereocenters. The Balaban J connectivity index is 2.32. The monoisotopic (exact) mass is 265 g/mol. The van der Waals surface area contributed by atoms with E-state index in [4.69, 9.17) is 4.84 Å². The van der Waals surface area contributed by atoms with E-state index in [9.17, 15) is 14.0 Å². The van der Waals surface area contributed by atoms with E-state index in [1.807, 2.05) is 0 Å². The zero-order chi connectivity index (χ0) is 13.8. The SMILES string of the molecule is CCONC(=O)Cn1cnc2ccc(F)cc2c1=O. The first-order chi connectivity index (χ1) is 9.11. The molecule has 100 valence electrons. The molecule has 2 aromatic rings. The zero-order valence-corrected chi connectivity index (χ0v) is 10.2. The number of carbonyl (C=O) groups is 1. The van der Waals surface area contributed by atoms with Gasteiger partial charge in [-0.15, -0.1) is 0 Å². The van der Waals surface area contributed by atoms with Crippen LogP contribution >= 0.6 is 0 Å². The lowest BCUT2D eigenvalue weighted by atomic mass is 10.2. The molecule has 1 heterocycles. The molecule has 0 bridgehead atoms. The normalized spacial score (nSPS) is 10.6. The van der Waals surface area contributed by atoms with Crippen LogP contribution in [0.3, 0.4) is 0 Å². The number of nitrogens with one attached hydrogen (secondary N) is 1. The second-order valence-corrected chi connectivity index (χ2v) is 3.80. The molecule has 2 rings (SSSR count). The molecular weight excluding hydrogens is 253 g/mol. The van der Waals surface area contributed by atoms with Crippen molar-refractivity contribution in [2.24, 2.45) is 0 Å². The summed E-state index contributed by atoms with van der Waals surface area (Å²) in [5.41, 5.74) is 2.07. The van der Waals surface area contributed by atoms with E-state index in [2.05, 4.69) is 10.5 Å². The molecule has 1 amide bonds. The first kappa shape index (κ1) is 13.2. The van der Waals surface area contributed by atoms with Crippen LogP contribution in [0.1, 0.15) is 6.92 Å². The predicted octanol–water partition coefficient (Wildman–Crippen LogP) is 0.603. The fourth-order valence-electron chi connectivity index (χ4n) is 1.58. The van der Waals surface area contributed by atoms with Gasteiger partial charge in [-0.3, -0.25) is 19.0 Å². The van der Waals surface area contributed by atoms with Gasteiger partial charge < -0.3 is 0 Å². The van der Waals surface area contributed by atoms with Gasteiger partial charge in [0.2, 0.25) is 0 Å². The number of nitrogens with zero attached hydrogens (tertiary/aromatic N) is 2. The number of aromatic nitrogens is 2. The van der Waals surface area contributed by atoms with Crippen molar-refractivity contribution in [2.75, 3.05) is 6.61 Å². The van der Waals surface area contributed by atoms with Crippen LogP contribution in [-0.2, 0) is 16.2 Å². The smallest absolute Gasteiger partial charge is 0.263 e. The van der Waals surface area contributed by atoms with Gasteiger partial charge in [-0.2, -0.15) is 0 Å². The van der Waals surface area contributed by atoms with Crippen LogP contribution < -0.4 is 11.0 Å². The lowest BCUT2D eigenvalue weighted by Gasteiger charge is -2.07. The highest BCUT2D eigenvalue weighted by Gasteiger charge is 2.08. The Morgan fingerprint density at radius 1 is 1.53 bits per heavy atom. The Morgan fingerprint density at radius 3 is 3.05 bits per heavy atom. The van der Waals surface area contributed by atoms with E-state index >= 15 is 0 Å². The van der Waals surface area contributed by atoms with Crippen molar-refractivity contribution in [1.82, 2.24) is 15.0 Å². The number of rotatable bonds is 4. The number of carbonyl (C=O) groups excluding carboxylic acids is 1. The lowest BCUT2D eigenvalue weighted by molar-refractivity contribution is -0.133. The Morgan fingerprint density at radius 2 is 2.32 bits per heavy atom. The summed E-state index contributed by atoms with van der Waals surface area (Å²) in [5, 5.41) is 0.131. The summed E-state index contributed by atoms with van der Waals surface area (Å²) in [6.07, 6.45) is 1.24. The van der Waals surface area contributed by atoms with E-state index in [0.29, 0.717) is 12.1 Å². The summed E-state index contributed by atoms with van der Waals surface area (Å²) in [6.45, 7) is 1.80. The number of hydrogen-bond acceptors (Lipinski definition) is 4. The van der Waals surface area contributed by atoms with Crippen molar-refractivity contribution < 1.29 is 14.0 Å². The van der Waals surface area contributed by atoms with Gasteiger partial charge in [0.15, 0.2) is 0 Å². The minimum atomic E-state index is -0.525. The maximum absolute atomic E-state index is 13.1. The average Bonchev–Trinajstić information content (AvgIpc) is 2.40. The largest absolute Gasteiger partial charge is 0.289 e. The van der Waals surface area contributed by atoms with Crippen LogP contribution in [0.4, 0.5) is 4.39 Å². The summed E-state index contributed by atoms with van der Waals surface area (Å²) in [7, 11) is 0. The molecule has 6 nitrogen and oxygen atoms in total. The number of hydrogen-bond donors (Lipinski definition) is 1. The number of fused-ring (bicyclic) bond motifs is 1. The van der Waals surface area contributed by atoms with E-state index in [-0.39, 0.29) is 11.9 Å². The highest BCUT2D eigenvalue weighted by Crippen LogP contribution is 2.08. The second-order valence-electron chi connectivity index (χ2n) is 3.80. The summed E-state index contributed by atoms with van der Waals surface area (Å²) >= 11 is 0. The Labute approximate surface area is 107 Å². The first-order valence-corrected chi connectivity index (χ1v) is 5.67. The second kappa shape index (κ2) is 5.57. The molecule has 0 fully saturated rings. The predicted molar refractivity (Wildman–Crippen MR) is 65.7 cm³/mol. The van der Waals surface area contributed by atoms with Crippen LogP contribution in [-0.4, -0.2) is 22.1 Å². The molecule has 1 aromatic carbocycles. The van der Waals surface area contributed by atoms with Gasteiger partial charge in [-0.1, -0.05) is 0 Å². The summed E-state index contributed by atoms with van der Waals surface area (Å²) in [5.74, 6) is -1.01. The zero-order valence-electron chi connectivity index (χ0n) is 10.2. The molecule has 1 N–H and O–H groups in total. The van der Waals surface area contributed by atoms with Crippen molar-refractivity contribution in [3.63, 3.8) is 0 Å². The molecule has 19 heavy (non-hydrogen) atoms. The van der Waals surface area contributed by atoms with Crippen LogP contribution in [0.15, 0.2) is 29.3 Å². The maximum Gasteiger partial charge on any atom is 0.263 e. The van der Waals surface area contributed by atoms with Gasteiger partial charge in [0.25, 0.3) is 11.5 Å². The van der Waals surface area contributed by atoms with E-state index in [1.54, 1.807) is 6.92 Å². The van der Waals surface area contributed by atoms with E-state index in [1.165, 1.54) is 18.5 Å². The molecule has 0 aliphatic heterocycles. The van der Waals surface area contributed by atoms with E-state index in [0.717, 1.165) is 10.6 Å². The third-order valence-electron chi connectivity index (χ3n) is 2.43. The van der Waals surface area contributed by atoms with Crippen molar-refractivity contribution in [2.45, 2.75) is 13.5 Å². The number of hydroxylamine groups is 1. The molecule has 0 aliphatic carbocycles. The number of benzene rings is 1. The third-order valence-corrected chi connectivity index (χ3v) is 2.43. The van der Waals surface area contributed by atoms with Crippen molar-refractivity contribution in [1.29, 1.82) is 0 Å². The first-order valence-electron chi connectivity index (χ1n) is 5.67. The van der Waals surface area contributed by atoms with Crippen molar-refractivity contribution in [3.05, 3.63) is 40.7 Å². The van der Waals surface area contributed by atoms with Gasteiger partial charge in [0.1, 0.15) is 12.4 Å². The minimum Gasteiger partial charge on any atom is -0.289 e. The molecule has 7 heteroatoms. The van der Waals surface area contributed by atoms with Gasteiger partial charge in [0.05, 0.1) is 23.8 Å². The Hall–Kier alpha value is -2.28. The molecule has 0 saturated carbocycles. The molecule has 0 spiro atoms. The fourth-order valence-corrected chi connectivity index (χ4v) is 1.58. The fraction of sp³-hybridized carbons (Fsp3) is 0.250. The molecular formula is C12H12FN3O3. The highest BCUT2D eigenvalue weighted by molar-refractivity contribution is 5.78. The van der Waals surface area contributed by atoms with Gasteiger partial charge >= 0.3 is 0 Å². The van der Waals surface area contributed by atoms with Crippen LogP contribution in [0.5, 0.6) is 0 Å². The highest BCUT2D eigenvalue weighted by atomic mass is 19.1. The minimum absolute atomic E-state index is 0.131. The van der Waals surface area contributed by atoms with E-state index < -0.39 is 17.3 Å². The lowest BCUT2D eigenvalue weighted by Crippen LogP contribution is -2.32. The summed E-state index contributed by atoms with van der Waals surface area (Å²) < 4.78 is 14.2. The standard InChI is InChI=1S/C12H12FN3O3/c1-2-19-15-11(17)6-16-7-14-10-4-3-8(13)5-9(10)12(16)18/h3-5,7H,2,6H2,1H3,(H,15,17). The van der Waals surface area contributed by atoms with Crippen LogP contribution in [0.25, 0.3) is 10.9 Å². The average molecular weight is 265 g/mol. The molecule has 0 saturated heterocycles. The van der Waals surface area contributed by atoms with Crippen molar-refractivity contribution in [3.8, 4) is 0 Å². The van der Waals surface area contributed by atoms with Crippen molar-refractivity contribution >= 4 is 16.8 Å². The maximum atomic E-state index is 13.1. The Bertz CT molecular complexity index is 669. The van der Waals surface area contributed by atoms with Gasteiger partial charge in [-0.05, 0) is 25.1 Å². The van der Waals surface area contributed by atoms with Crippen LogP contribution in [0.2, 0.25) is 0 Å². The molecule has 0 atom stereocenters. The number of amides is 1. The summed E-state index contributed by atoms with van der Waals surface area (Å²) in [6, 6.07) is 3.74. The molecule has 0 radical (unpaired) electrons. The topological polar surface area (TPSA) is 73.2 Å². The number of halogens is 1. The molecule has 0 aliphatic rings. The van der Waals surface area contributed by atoms with Gasteiger partial charge in [-0.25, -0.2) is 14.9 Å². The Kier molecular flexibility index (Phi) is 3.86. The third kappa shape index (κ3) is 2.94. The molecule has 1 aromatic heterocycles. The quantitative estimate of drug-likeness (QED) is 0.822. The summed E-state index contributed by atoms with van der Waals surface area (Å²) in [4.78, 5) is 32.2. The van der Waals surface area contributed by atoms with Gasteiger partial charge in [0, 0.05) is 0 Å². The van der Waals surface area contributed by atoms with Crippen LogP contribution in [0, 0.1) is 5.82 Å².